The van der Waals surface area contributed by atoms with E-state index in [2.05, 4.69) is 22.3 Å². The van der Waals surface area contributed by atoms with Crippen molar-refractivity contribution in [1.82, 2.24) is 19.9 Å². The molecule has 2 saturated heterocycles. The number of nitrogens with zero attached hydrogens (tertiary/aromatic N) is 4. The fourth-order valence-corrected chi connectivity index (χ4v) is 3.18. The van der Waals surface area contributed by atoms with E-state index >= 15 is 0 Å². The molecule has 0 aliphatic carbocycles. The first-order valence-electron chi connectivity index (χ1n) is 6.10. The van der Waals surface area contributed by atoms with Gasteiger partial charge in [-0.05, 0) is 32.7 Å². The van der Waals surface area contributed by atoms with Gasteiger partial charge in [0.25, 0.3) is 0 Å². The summed E-state index contributed by atoms with van der Waals surface area (Å²) in [6.45, 7) is 0.486. The molecule has 5 nitrogen and oxygen atoms in total. The monoisotopic (exact) mass is 221 g/mol. The van der Waals surface area contributed by atoms with E-state index in [0.717, 1.165) is 17.8 Å². The van der Waals surface area contributed by atoms with Gasteiger partial charge >= 0.3 is 0 Å². The predicted octanol–water partition coefficient (Wildman–Crippen LogP) is 0.534. The lowest BCUT2D eigenvalue weighted by molar-refractivity contribution is 0.130. The predicted molar refractivity (Wildman–Crippen MR) is 60.8 cm³/mol. The molecule has 3 heterocycles. The molecule has 1 aromatic rings. The summed E-state index contributed by atoms with van der Waals surface area (Å²) in [5.41, 5.74) is 6.45. The summed E-state index contributed by atoms with van der Waals surface area (Å²) in [4.78, 5) is 2.54. The molecule has 5 heteroatoms. The minimum Gasteiger partial charge on any atom is -0.325 e. The molecule has 88 valence electrons. The Labute approximate surface area is 95.6 Å². The molecule has 3 rings (SSSR count). The average molecular weight is 221 g/mol. The average Bonchev–Trinajstić information content (AvgIpc) is 2.82. The van der Waals surface area contributed by atoms with Gasteiger partial charge < -0.3 is 10.6 Å². The van der Waals surface area contributed by atoms with Crippen LogP contribution in [0.1, 0.15) is 37.4 Å². The van der Waals surface area contributed by atoms with Crippen molar-refractivity contribution in [3.05, 3.63) is 11.9 Å². The Morgan fingerprint density at radius 3 is 2.56 bits per heavy atom. The van der Waals surface area contributed by atoms with Crippen molar-refractivity contribution in [3.8, 4) is 0 Å². The summed E-state index contributed by atoms with van der Waals surface area (Å²) < 4.78 is 2.03. The van der Waals surface area contributed by atoms with Crippen LogP contribution >= 0.6 is 0 Å². The second kappa shape index (κ2) is 3.82. The minimum absolute atomic E-state index is 0.486. The van der Waals surface area contributed by atoms with E-state index in [4.69, 9.17) is 5.73 Å². The second-order valence-corrected chi connectivity index (χ2v) is 5.07. The van der Waals surface area contributed by atoms with E-state index in [0.29, 0.717) is 12.6 Å². The summed E-state index contributed by atoms with van der Waals surface area (Å²) in [5, 5.41) is 8.27. The van der Waals surface area contributed by atoms with Gasteiger partial charge in [0.1, 0.15) is 0 Å². The number of nitrogens with two attached hydrogens (primary N) is 1. The number of fused-ring (bicyclic) bond motifs is 2. The van der Waals surface area contributed by atoms with Crippen LogP contribution in [0.4, 0.5) is 0 Å². The van der Waals surface area contributed by atoms with Gasteiger partial charge in [-0.1, -0.05) is 5.21 Å². The van der Waals surface area contributed by atoms with Crippen LogP contribution in [-0.4, -0.2) is 39.0 Å². The zero-order valence-electron chi connectivity index (χ0n) is 9.71. The number of hydrogen-bond acceptors (Lipinski definition) is 4. The van der Waals surface area contributed by atoms with Gasteiger partial charge in [0.05, 0.1) is 17.9 Å². The summed E-state index contributed by atoms with van der Waals surface area (Å²) in [7, 11) is 2.26. The molecule has 0 amide bonds. The quantitative estimate of drug-likeness (QED) is 0.791. The van der Waals surface area contributed by atoms with Crippen LogP contribution in [-0.2, 0) is 6.54 Å². The molecule has 0 radical (unpaired) electrons. The number of aromatic nitrogens is 3. The van der Waals surface area contributed by atoms with E-state index < -0.39 is 0 Å². The Bertz CT molecular complexity index is 360. The molecule has 0 spiro atoms. The van der Waals surface area contributed by atoms with Crippen LogP contribution in [0.2, 0.25) is 0 Å². The van der Waals surface area contributed by atoms with Crippen molar-refractivity contribution in [3.63, 3.8) is 0 Å². The second-order valence-electron chi connectivity index (χ2n) is 5.07. The van der Waals surface area contributed by atoms with Crippen molar-refractivity contribution in [2.24, 2.45) is 5.73 Å². The Hall–Kier alpha value is -0.940. The molecule has 0 saturated carbocycles. The molecule has 2 aliphatic rings. The van der Waals surface area contributed by atoms with Crippen LogP contribution < -0.4 is 5.73 Å². The Balaban J connectivity index is 1.77. The topological polar surface area (TPSA) is 60.0 Å². The first-order chi connectivity index (χ1) is 7.78. The zero-order valence-corrected chi connectivity index (χ0v) is 9.71. The van der Waals surface area contributed by atoms with Crippen LogP contribution in [0.5, 0.6) is 0 Å². The van der Waals surface area contributed by atoms with Crippen LogP contribution in [0, 0.1) is 0 Å². The minimum atomic E-state index is 0.486. The fourth-order valence-electron chi connectivity index (χ4n) is 3.18. The van der Waals surface area contributed by atoms with E-state index in [-0.39, 0.29) is 0 Å². The van der Waals surface area contributed by atoms with E-state index in [1.165, 1.54) is 25.7 Å². The summed E-state index contributed by atoms with van der Waals surface area (Å²) in [6.07, 6.45) is 7.11. The van der Waals surface area contributed by atoms with Crippen LogP contribution in [0.3, 0.4) is 0 Å². The van der Waals surface area contributed by atoms with E-state index in [9.17, 15) is 0 Å². The Morgan fingerprint density at radius 2 is 2.00 bits per heavy atom. The first kappa shape index (κ1) is 10.2. The van der Waals surface area contributed by atoms with Crippen molar-refractivity contribution in [2.75, 3.05) is 7.05 Å². The Morgan fingerprint density at radius 1 is 1.31 bits per heavy atom. The highest BCUT2D eigenvalue weighted by Gasteiger charge is 2.39. The first-order valence-corrected chi connectivity index (χ1v) is 6.10. The molecule has 16 heavy (non-hydrogen) atoms. The van der Waals surface area contributed by atoms with Gasteiger partial charge in [-0.2, -0.15) is 0 Å². The van der Waals surface area contributed by atoms with Gasteiger partial charge in [-0.25, -0.2) is 4.68 Å². The maximum Gasteiger partial charge on any atom is 0.0962 e. The lowest BCUT2D eigenvalue weighted by Gasteiger charge is -2.36. The third kappa shape index (κ3) is 1.55. The van der Waals surface area contributed by atoms with Crippen molar-refractivity contribution < 1.29 is 0 Å². The smallest absolute Gasteiger partial charge is 0.0962 e. The number of rotatable bonds is 2. The normalized spacial score (nSPS) is 34.5. The molecular formula is C11H19N5. The Kier molecular flexibility index (Phi) is 2.44. The highest BCUT2D eigenvalue weighted by Crippen LogP contribution is 2.39. The summed E-state index contributed by atoms with van der Waals surface area (Å²) in [5.74, 6) is 0. The number of piperidine rings is 1. The largest absolute Gasteiger partial charge is 0.325 e. The van der Waals surface area contributed by atoms with Gasteiger partial charge in [-0.3, -0.25) is 0 Å². The fraction of sp³-hybridized carbons (Fsp3) is 0.818. The van der Waals surface area contributed by atoms with E-state index in [1.807, 2.05) is 10.9 Å². The van der Waals surface area contributed by atoms with Crippen molar-refractivity contribution in [2.45, 2.75) is 50.4 Å². The van der Waals surface area contributed by atoms with E-state index in [1.54, 1.807) is 0 Å². The SMILES string of the molecule is CN1[C@@H]2CC[C@H]1CC(n1cc(CN)nn1)C2. The zero-order chi connectivity index (χ0) is 11.1. The molecule has 1 unspecified atom stereocenters. The summed E-state index contributed by atoms with van der Waals surface area (Å²) in [6, 6.07) is 2.02. The van der Waals surface area contributed by atoms with Gasteiger partial charge in [0.15, 0.2) is 0 Å². The molecule has 3 atom stereocenters. The molecule has 1 aromatic heterocycles. The standard InChI is InChI=1S/C11H19N5/c1-15-9-2-3-10(15)5-11(4-9)16-7-8(6-12)13-14-16/h7,9-11H,2-6,12H2,1H3/t9-,10+,11?. The van der Waals surface area contributed by atoms with Crippen LogP contribution in [0.25, 0.3) is 0 Å². The lowest BCUT2D eigenvalue weighted by atomic mass is 9.98. The third-order valence-corrected chi connectivity index (χ3v) is 4.21. The summed E-state index contributed by atoms with van der Waals surface area (Å²) >= 11 is 0. The van der Waals surface area contributed by atoms with Crippen LogP contribution in [0.15, 0.2) is 6.20 Å². The van der Waals surface area contributed by atoms with Crippen molar-refractivity contribution >= 4 is 0 Å². The molecule has 2 bridgehead atoms. The maximum absolute atomic E-state index is 5.56. The maximum atomic E-state index is 5.56. The number of hydrogen-bond donors (Lipinski definition) is 1. The van der Waals surface area contributed by atoms with Gasteiger partial charge in [0.2, 0.25) is 0 Å². The third-order valence-electron chi connectivity index (χ3n) is 4.21. The van der Waals surface area contributed by atoms with Gasteiger partial charge in [0, 0.05) is 18.6 Å². The molecule has 0 aromatic carbocycles. The highest BCUT2D eigenvalue weighted by atomic mass is 15.4. The molecule has 2 aliphatic heterocycles. The van der Waals surface area contributed by atoms with Crippen molar-refractivity contribution in [1.29, 1.82) is 0 Å². The molecular weight excluding hydrogens is 202 g/mol. The molecule has 2 N–H and O–H groups in total. The lowest BCUT2D eigenvalue weighted by Crippen LogP contribution is -2.40. The highest BCUT2D eigenvalue weighted by molar-refractivity contribution is 4.98. The molecule has 2 fully saturated rings. The van der Waals surface area contributed by atoms with Gasteiger partial charge in [-0.15, -0.1) is 5.10 Å².